The molecule has 4 N–H and O–H groups in total. The highest BCUT2D eigenvalue weighted by Crippen LogP contribution is 2.14. The summed E-state index contributed by atoms with van der Waals surface area (Å²) < 4.78 is 31.8. The van der Waals surface area contributed by atoms with E-state index < -0.39 is 10.0 Å². The first kappa shape index (κ1) is 13.6. The highest BCUT2D eigenvalue weighted by atomic mass is 32.2. The Balaban J connectivity index is 2.09. The van der Waals surface area contributed by atoms with Crippen molar-refractivity contribution in [1.29, 1.82) is 0 Å². The molecule has 0 saturated carbocycles. The lowest BCUT2D eigenvalue weighted by Gasteiger charge is -2.06. The van der Waals surface area contributed by atoms with Gasteiger partial charge in [-0.15, -0.1) is 0 Å². The van der Waals surface area contributed by atoms with Crippen molar-refractivity contribution >= 4 is 15.7 Å². The van der Waals surface area contributed by atoms with Crippen molar-refractivity contribution in [1.82, 2.24) is 4.72 Å². The van der Waals surface area contributed by atoms with Gasteiger partial charge in [-0.05, 0) is 43.3 Å². The van der Waals surface area contributed by atoms with E-state index >= 15 is 0 Å². The van der Waals surface area contributed by atoms with E-state index in [2.05, 4.69) is 10.1 Å². The first-order valence-corrected chi connectivity index (χ1v) is 7.11. The van der Waals surface area contributed by atoms with Crippen LogP contribution in [0.5, 0.6) is 0 Å². The maximum Gasteiger partial charge on any atom is 0.240 e. The molecular weight excluding hydrogens is 266 g/mol. The summed E-state index contributed by atoms with van der Waals surface area (Å²) >= 11 is 0. The summed E-state index contributed by atoms with van der Waals surface area (Å²) in [7, 11) is -3.55. The fraction of sp³-hybridized carbons (Fsp3) is 0.167. The van der Waals surface area contributed by atoms with Crippen molar-refractivity contribution in [3.05, 3.63) is 47.9 Å². The summed E-state index contributed by atoms with van der Waals surface area (Å²) in [5.41, 5.74) is 3.08. The van der Waals surface area contributed by atoms with Gasteiger partial charge < -0.3 is 9.84 Å². The summed E-state index contributed by atoms with van der Waals surface area (Å²) in [6.07, 6.45) is 0. The van der Waals surface area contributed by atoms with E-state index in [0.29, 0.717) is 11.4 Å². The van der Waals surface area contributed by atoms with Crippen LogP contribution in [0, 0.1) is 6.92 Å². The number of hydrogen-bond donors (Lipinski definition) is 3. The molecule has 0 unspecified atom stereocenters. The smallest absolute Gasteiger partial charge is 0.240 e. The summed E-state index contributed by atoms with van der Waals surface area (Å²) in [5, 5.41) is 0. The molecule has 6 nitrogen and oxygen atoms in total. The standard InChI is InChI=1S/C12H15N3O3S/c1-9-2-5-11(18-9)8-14-19(16,17)12-6-3-10(15-13)4-7-12/h2-7,14-15H,8,13H2,1H3. The topological polar surface area (TPSA) is 97.4 Å². The lowest BCUT2D eigenvalue weighted by molar-refractivity contribution is 0.475. The molecule has 102 valence electrons. The van der Waals surface area contributed by atoms with Gasteiger partial charge in [0, 0.05) is 5.69 Å². The van der Waals surface area contributed by atoms with E-state index in [4.69, 9.17) is 10.3 Å². The van der Waals surface area contributed by atoms with Crippen molar-refractivity contribution in [2.24, 2.45) is 5.84 Å². The largest absolute Gasteiger partial charge is 0.465 e. The number of sulfonamides is 1. The third kappa shape index (κ3) is 3.34. The van der Waals surface area contributed by atoms with E-state index in [0.717, 1.165) is 5.76 Å². The van der Waals surface area contributed by atoms with Gasteiger partial charge >= 0.3 is 0 Å². The molecule has 0 amide bonds. The Morgan fingerprint density at radius 2 is 1.84 bits per heavy atom. The van der Waals surface area contributed by atoms with Crippen molar-refractivity contribution < 1.29 is 12.8 Å². The Kier molecular flexibility index (Phi) is 3.89. The average molecular weight is 281 g/mol. The van der Waals surface area contributed by atoms with Crippen molar-refractivity contribution in [2.45, 2.75) is 18.4 Å². The Morgan fingerprint density at radius 1 is 1.16 bits per heavy atom. The van der Waals surface area contributed by atoms with Crippen LogP contribution >= 0.6 is 0 Å². The van der Waals surface area contributed by atoms with Crippen LogP contribution in [0.25, 0.3) is 0 Å². The Morgan fingerprint density at radius 3 is 2.37 bits per heavy atom. The predicted molar refractivity (Wildman–Crippen MR) is 71.7 cm³/mol. The van der Waals surface area contributed by atoms with E-state index in [1.807, 2.05) is 0 Å². The van der Waals surface area contributed by atoms with Gasteiger partial charge in [-0.3, -0.25) is 5.84 Å². The SMILES string of the molecule is Cc1ccc(CNS(=O)(=O)c2ccc(NN)cc2)o1. The van der Waals surface area contributed by atoms with Gasteiger partial charge in [0.2, 0.25) is 10.0 Å². The van der Waals surface area contributed by atoms with E-state index in [9.17, 15) is 8.42 Å². The Bertz CT molecular complexity index is 647. The van der Waals surface area contributed by atoms with Gasteiger partial charge in [-0.1, -0.05) is 0 Å². The zero-order chi connectivity index (χ0) is 13.9. The number of furan rings is 1. The molecule has 0 aliphatic carbocycles. The van der Waals surface area contributed by atoms with Gasteiger partial charge in [0.15, 0.2) is 0 Å². The fourth-order valence-electron chi connectivity index (χ4n) is 1.56. The van der Waals surface area contributed by atoms with Gasteiger partial charge in [-0.25, -0.2) is 13.1 Å². The number of hydrogen-bond acceptors (Lipinski definition) is 5. The van der Waals surface area contributed by atoms with Crippen LogP contribution in [0.1, 0.15) is 11.5 Å². The summed E-state index contributed by atoms with van der Waals surface area (Å²) in [5.74, 6) is 6.53. The monoisotopic (exact) mass is 281 g/mol. The molecule has 0 atom stereocenters. The lowest BCUT2D eigenvalue weighted by atomic mass is 10.3. The zero-order valence-corrected chi connectivity index (χ0v) is 11.2. The molecule has 1 heterocycles. The predicted octanol–water partition coefficient (Wildman–Crippen LogP) is 1.35. The Labute approximate surface area is 111 Å². The maximum atomic E-state index is 12.0. The highest BCUT2D eigenvalue weighted by molar-refractivity contribution is 7.89. The first-order valence-electron chi connectivity index (χ1n) is 5.63. The van der Waals surface area contributed by atoms with E-state index in [1.54, 1.807) is 31.2 Å². The second-order valence-electron chi connectivity index (χ2n) is 4.01. The van der Waals surface area contributed by atoms with E-state index in [1.165, 1.54) is 12.1 Å². The van der Waals surface area contributed by atoms with Crippen LogP contribution in [0.3, 0.4) is 0 Å². The second-order valence-corrected chi connectivity index (χ2v) is 5.77. The molecule has 7 heteroatoms. The molecule has 1 aromatic heterocycles. The number of nitrogen functional groups attached to an aromatic ring is 1. The van der Waals surface area contributed by atoms with Crippen LogP contribution in [-0.4, -0.2) is 8.42 Å². The molecular formula is C12H15N3O3S. The molecule has 0 aliphatic heterocycles. The lowest BCUT2D eigenvalue weighted by Crippen LogP contribution is -2.23. The molecule has 0 bridgehead atoms. The molecule has 0 aliphatic rings. The van der Waals surface area contributed by atoms with Crippen molar-refractivity contribution in [3.63, 3.8) is 0 Å². The fourth-order valence-corrected chi connectivity index (χ4v) is 2.55. The number of nitrogens with two attached hydrogens (primary N) is 1. The minimum Gasteiger partial charge on any atom is -0.465 e. The molecule has 0 spiro atoms. The van der Waals surface area contributed by atoms with E-state index in [-0.39, 0.29) is 11.4 Å². The molecule has 0 saturated heterocycles. The molecule has 2 aromatic rings. The van der Waals surface area contributed by atoms with Gasteiger partial charge in [0.1, 0.15) is 11.5 Å². The van der Waals surface area contributed by atoms with Crippen LogP contribution in [0.2, 0.25) is 0 Å². The minimum absolute atomic E-state index is 0.118. The molecule has 0 radical (unpaired) electrons. The number of aryl methyl sites for hydroxylation is 1. The number of nitrogens with one attached hydrogen (secondary N) is 2. The quantitative estimate of drug-likeness (QED) is 0.568. The average Bonchev–Trinajstić information content (AvgIpc) is 2.82. The first-order chi connectivity index (χ1) is 9.01. The van der Waals surface area contributed by atoms with Gasteiger partial charge in [0.05, 0.1) is 11.4 Å². The Hall–Kier alpha value is -1.83. The second kappa shape index (κ2) is 5.43. The number of rotatable bonds is 5. The minimum atomic E-state index is -3.55. The van der Waals surface area contributed by atoms with Gasteiger partial charge in [-0.2, -0.15) is 0 Å². The highest BCUT2D eigenvalue weighted by Gasteiger charge is 2.14. The third-order valence-electron chi connectivity index (χ3n) is 2.56. The van der Waals surface area contributed by atoms with Crippen LogP contribution in [0.4, 0.5) is 5.69 Å². The normalized spacial score (nSPS) is 11.5. The number of hydrazine groups is 1. The number of benzene rings is 1. The molecule has 0 fully saturated rings. The van der Waals surface area contributed by atoms with Crippen molar-refractivity contribution in [3.8, 4) is 0 Å². The zero-order valence-electron chi connectivity index (χ0n) is 10.4. The summed E-state index contributed by atoms with van der Waals surface area (Å²) in [6, 6.07) is 9.65. The third-order valence-corrected chi connectivity index (χ3v) is 3.98. The summed E-state index contributed by atoms with van der Waals surface area (Å²) in [4.78, 5) is 0.176. The summed E-state index contributed by atoms with van der Waals surface area (Å²) in [6.45, 7) is 1.92. The maximum absolute atomic E-state index is 12.0. The van der Waals surface area contributed by atoms with Gasteiger partial charge in [0.25, 0.3) is 0 Å². The van der Waals surface area contributed by atoms with Crippen LogP contribution < -0.4 is 16.0 Å². The van der Waals surface area contributed by atoms with Crippen molar-refractivity contribution in [2.75, 3.05) is 5.43 Å². The van der Waals surface area contributed by atoms with Crippen LogP contribution in [-0.2, 0) is 16.6 Å². The number of anilines is 1. The molecule has 19 heavy (non-hydrogen) atoms. The van der Waals surface area contributed by atoms with Crippen LogP contribution in [0.15, 0.2) is 45.7 Å². The molecule has 2 rings (SSSR count). The molecule has 1 aromatic carbocycles.